The van der Waals surface area contributed by atoms with Crippen LogP contribution in [0.25, 0.3) is 0 Å². The summed E-state index contributed by atoms with van der Waals surface area (Å²) in [7, 11) is 3.31. The molecule has 0 aliphatic rings. The minimum Gasteiger partial charge on any atom is -0.493 e. The van der Waals surface area contributed by atoms with Crippen molar-refractivity contribution < 1.29 is 9.47 Å². The lowest BCUT2D eigenvalue weighted by molar-refractivity contribution is 0.354. The highest BCUT2D eigenvalue weighted by atomic mass is 16.5. The Labute approximate surface area is 109 Å². The molecular formula is C14H24N2O2. The van der Waals surface area contributed by atoms with Gasteiger partial charge in [-0.3, -0.25) is 0 Å². The molecule has 0 unspecified atom stereocenters. The average Bonchev–Trinajstić information content (AvgIpc) is 2.42. The molecule has 0 amide bonds. The number of nitrogens with two attached hydrogens (primary N) is 1. The molecule has 0 aliphatic heterocycles. The van der Waals surface area contributed by atoms with E-state index in [0.29, 0.717) is 0 Å². The van der Waals surface area contributed by atoms with Gasteiger partial charge < -0.3 is 20.5 Å². The van der Waals surface area contributed by atoms with Crippen LogP contribution >= 0.6 is 0 Å². The largest absolute Gasteiger partial charge is 0.493 e. The summed E-state index contributed by atoms with van der Waals surface area (Å²) in [5, 5.41) is 3.37. The molecule has 3 N–H and O–H groups in total. The quantitative estimate of drug-likeness (QED) is 0.655. The van der Waals surface area contributed by atoms with E-state index in [0.717, 1.165) is 50.4 Å². The van der Waals surface area contributed by atoms with Gasteiger partial charge in [0.1, 0.15) is 0 Å². The Morgan fingerprint density at radius 1 is 1.06 bits per heavy atom. The number of aryl methyl sites for hydroxylation is 1. The molecule has 0 heterocycles. The Balaban J connectivity index is 2.34. The van der Waals surface area contributed by atoms with Crippen molar-refractivity contribution in [3.05, 3.63) is 23.8 Å². The fourth-order valence-corrected chi connectivity index (χ4v) is 1.81. The number of methoxy groups -OCH3 is 2. The van der Waals surface area contributed by atoms with E-state index in [1.165, 1.54) is 5.56 Å². The lowest BCUT2D eigenvalue weighted by Crippen LogP contribution is -2.19. The number of ether oxygens (including phenoxy) is 2. The van der Waals surface area contributed by atoms with Gasteiger partial charge in [-0.05, 0) is 56.6 Å². The molecule has 102 valence electrons. The van der Waals surface area contributed by atoms with Gasteiger partial charge in [0.25, 0.3) is 0 Å². The van der Waals surface area contributed by atoms with Crippen LogP contribution in [0, 0.1) is 0 Å². The van der Waals surface area contributed by atoms with Crippen molar-refractivity contribution in [2.45, 2.75) is 19.3 Å². The van der Waals surface area contributed by atoms with Crippen molar-refractivity contribution in [3.8, 4) is 11.5 Å². The van der Waals surface area contributed by atoms with Gasteiger partial charge in [0.05, 0.1) is 14.2 Å². The summed E-state index contributed by atoms with van der Waals surface area (Å²) < 4.78 is 10.5. The minimum atomic E-state index is 0.753. The summed E-state index contributed by atoms with van der Waals surface area (Å²) in [6.45, 7) is 2.78. The van der Waals surface area contributed by atoms with E-state index in [2.05, 4.69) is 11.4 Å². The van der Waals surface area contributed by atoms with Crippen LogP contribution < -0.4 is 20.5 Å². The molecule has 1 rings (SSSR count). The predicted octanol–water partition coefficient (Wildman–Crippen LogP) is 1.57. The van der Waals surface area contributed by atoms with E-state index in [9.17, 15) is 0 Å². The number of hydrogen-bond acceptors (Lipinski definition) is 4. The first kappa shape index (κ1) is 14.8. The number of nitrogens with one attached hydrogen (secondary N) is 1. The topological polar surface area (TPSA) is 56.5 Å². The number of hydrogen-bond donors (Lipinski definition) is 2. The fourth-order valence-electron chi connectivity index (χ4n) is 1.81. The summed E-state index contributed by atoms with van der Waals surface area (Å²) in [6.07, 6.45) is 3.19. The molecule has 0 aliphatic carbocycles. The van der Waals surface area contributed by atoms with Crippen LogP contribution in [0.5, 0.6) is 11.5 Å². The zero-order chi connectivity index (χ0) is 13.2. The van der Waals surface area contributed by atoms with Crippen molar-refractivity contribution in [3.63, 3.8) is 0 Å². The van der Waals surface area contributed by atoms with Crippen molar-refractivity contribution in [1.82, 2.24) is 5.32 Å². The normalized spacial score (nSPS) is 10.4. The molecule has 4 heteroatoms. The van der Waals surface area contributed by atoms with E-state index in [1.807, 2.05) is 12.1 Å². The summed E-state index contributed by atoms with van der Waals surface area (Å²) in [5.74, 6) is 1.58. The smallest absolute Gasteiger partial charge is 0.160 e. The molecule has 0 fully saturated rings. The second-order valence-electron chi connectivity index (χ2n) is 4.19. The Hall–Kier alpha value is -1.26. The maximum Gasteiger partial charge on any atom is 0.160 e. The van der Waals surface area contributed by atoms with Gasteiger partial charge in [0, 0.05) is 0 Å². The third-order valence-electron chi connectivity index (χ3n) is 2.82. The van der Waals surface area contributed by atoms with E-state index < -0.39 is 0 Å². The minimum absolute atomic E-state index is 0.753. The maximum atomic E-state index is 5.43. The summed E-state index contributed by atoms with van der Waals surface area (Å²) in [5.41, 5.74) is 6.70. The van der Waals surface area contributed by atoms with Crippen LogP contribution in [0.15, 0.2) is 18.2 Å². The first-order chi connectivity index (χ1) is 8.81. The Morgan fingerprint density at radius 3 is 2.44 bits per heavy atom. The van der Waals surface area contributed by atoms with E-state index in [4.69, 9.17) is 15.2 Å². The molecule has 0 atom stereocenters. The van der Waals surface area contributed by atoms with Gasteiger partial charge >= 0.3 is 0 Å². The standard InChI is InChI=1S/C14H24N2O2/c1-17-13-7-6-12(11-14(13)18-2)5-3-9-16-10-4-8-15/h6-7,11,16H,3-5,8-10,15H2,1-2H3. The Kier molecular flexibility index (Phi) is 7.22. The van der Waals surface area contributed by atoms with Crippen molar-refractivity contribution in [2.24, 2.45) is 5.73 Å². The van der Waals surface area contributed by atoms with Gasteiger partial charge in [0.15, 0.2) is 11.5 Å². The number of rotatable bonds is 9. The fraction of sp³-hybridized carbons (Fsp3) is 0.571. The highest BCUT2D eigenvalue weighted by Crippen LogP contribution is 2.27. The SMILES string of the molecule is COc1ccc(CCCNCCCN)cc1OC. The van der Waals surface area contributed by atoms with Crippen LogP contribution in [0.4, 0.5) is 0 Å². The van der Waals surface area contributed by atoms with E-state index >= 15 is 0 Å². The molecule has 0 saturated carbocycles. The highest BCUT2D eigenvalue weighted by molar-refractivity contribution is 5.42. The van der Waals surface area contributed by atoms with Gasteiger partial charge in [-0.1, -0.05) is 6.07 Å². The lowest BCUT2D eigenvalue weighted by atomic mass is 10.1. The van der Waals surface area contributed by atoms with Crippen molar-refractivity contribution in [1.29, 1.82) is 0 Å². The number of benzene rings is 1. The van der Waals surface area contributed by atoms with Crippen LogP contribution in [0.2, 0.25) is 0 Å². The zero-order valence-corrected chi connectivity index (χ0v) is 11.4. The molecule has 0 radical (unpaired) electrons. The third-order valence-corrected chi connectivity index (χ3v) is 2.82. The van der Waals surface area contributed by atoms with Crippen LogP contribution in [-0.2, 0) is 6.42 Å². The second kappa shape index (κ2) is 8.78. The Morgan fingerprint density at radius 2 is 1.78 bits per heavy atom. The van der Waals surface area contributed by atoms with Crippen LogP contribution in [0.1, 0.15) is 18.4 Å². The molecule has 0 spiro atoms. The molecule has 4 nitrogen and oxygen atoms in total. The summed E-state index contributed by atoms with van der Waals surface area (Å²) in [6, 6.07) is 6.08. The van der Waals surface area contributed by atoms with E-state index in [-0.39, 0.29) is 0 Å². The maximum absolute atomic E-state index is 5.43. The molecular weight excluding hydrogens is 228 g/mol. The molecule has 0 bridgehead atoms. The van der Waals surface area contributed by atoms with E-state index in [1.54, 1.807) is 14.2 Å². The molecule has 1 aromatic carbocycles. The van der Waals surface area contributed by atoms with Crippen molar-refractivity contribution in [2.75, 3.05) is 33.9 Å². The zero-order valence-electron chi connectivity index (χ0n) is 11.4. The van der Waals surface area contributed by atoms with Gasteiger partial charge in [-0.25, -0.2) is 0 Å². The highest BCUT2D eigenvalue weighted by Gasteiger charge is 2.03. The van der Waals surface area contributed by atoms with Crippen LogP contribution in [-0.4, -0.2) is 33.9 Å². The van der Waals surface area contributed by atoms with Crippen LogP contribution in [0.3, 0.4) is 0 Å². The average molecular weight is 252 g/mol. The van der Waals surface area contributed by atoms with Gasteiger partial charge in [-0.2, -0.15) is 0 Å². The molecule has 18 heavy (non-hydrogen) atoms. The third kappa shape index (κ3) is 4.94. The Bertz CT molecular complexity index is 343. The molecule has 0 saturated heterocycles. The van der Waals surface area contributed by atoms with Gasteiger partial charge in [-0.15, -0.1) is 0 Å². The summed E-state index contributed by atoms with van der Waals surface area (Å²) >= 11 is 0. The summed E-state index contributed by atoms with van der Waals surface area (Å²) in [4.78, 5) is 0. The monoisotopic (exact) mass is 252 g/mol. The first-order valence-electron chi connectivity index (χ1n) is 6.43. The first-order valence-corrected chi connectivity index (χ1v) is 6.43. The molecule has 0 aromatic heterocycles. The van der Waals surface area contributed by atoms with Gasteiger partial charge in [0.2, 0.25) is 0 Å². The second-order valence-corrected chi connectivity index (χ2v) is 4.19. The predicted molar refractivity (Wildman–Crippen MR) is 74.4 cm³/mol. The molecule has 1 aromatic rings. The lowest BCUT2D eigenvalue weighted by Gasteiger charge is -2.09. The van der Waals surface area contributed by atoms with Crippen molar-refractivity contribution >= 4 is 0 Å².